The quantitative estimate of drug-likeness (QED) is 0.285. The van der Waals surface area contributed by atoms with Gasteiger partial charge in [0.05, 0.1) is 30.3 Å². The van der Waals surface area contributed by atoms with Crippen LogP contribution in [0.25, 0.3) is 0 Å². The number of hydrogen-bond donors (Lipinski definition) is 0. The summed E-state index contributed by atoms with van der Waals surface area (Å²) in [6.07, 6.45) is -4.36. The second-order valence-electron chi connectivity index (χ2n) is 10.9. The number of rotatable bonds is 9. The summed E-state index contributed by atoms with van der Waals surface area (Å²) in [6.45, 7) is 2.13. The first-order chi connectivity index (χ1) is 18.5. The van der Waals surface area contributed by atoms with E-state index >= 15 is 0 Å². The molecule has 0 aromatic heterocycles. The van der Waals surface area contributed by atoms with Gasteiger partial charge in [0.15, 0.2) is 0 Å². The zero-order chi connectivity index (χ0) is 28.2. The summed E-state index contributed by atoms with van der Waals surface area (Å²) in [5.41, 5.74) is 0.529. The third-order valence-electron chi connectivity index (χ3n) is 8.05. The predicted molar refractivity (Wildman–Crippen MR) is 133 cm³/mol. The minimum Gasteiger partial charge on any atom is -0.373 e. The summed E-state index contributed by atoms with van der Waals surface area (Å²) >= 11 is 0. The molecule has 0 spiro atoms. The Hall–Kier alpha value is -2.13. The zero-order valence-electron chi connectivity index (χ0n) is 22.0. The van der Waals surface area contributed by atoms with Gasteiger partial charge in [0.25, 0.3) is 0 Å². The molecule has 0 atom stereocenters. The molecule has 0 heterocycles. The van der Waals surface area contributed by atoms with E-state index in [0.29, 0.717) is 49.7 Å². The number of halogens is 7. The summed E-state index contributed by atoms with van der Waals surface area (Å²) in [4.78, 5) is 0. The Kier molecular flexibility index (Phi) is 9.63. The second-order valence-corrected chi connectivity index (χ2v) is 10.9. The van der Waals surface area contributed by atoms with Crippen molar-refractivity contribution in [2.75, 3.05) is 0 Å². The third-order valence-corrected chi connectivity index (χ3v) is 8.05. The van der Waals surface area contributed by atoms with Crippen molar-refractivity contribution in [1.82, 2.24) is 0 Å². The van der Waals surface area contributed by atoms with Crippen molar-refractivity contribution < 1.29 is 40.2 Å². The molecule has 0 unspecified atom stereocenters. The van der Waals surface area contributed by atoms with Crippen molar-refractivity contribution in [1.29, 1.82) is 0 Å². The number of hydrogen-bond acceptors (Lipinski definition) is 2. The van der Waals surface area contributed by atoms with E-state index in [-0.39, 0.29) is 37.3 Å². The van der Waals surface area contributed by atoms with Crippen LogP contribution < -0.4 is 0 Å². The van der Waals surface area contributed by atoms with Crippen LogP contribution in [0.5, 0.6) is 0 Å². The van der Waals surface area contributed by atoms with Gasteiger partial charge in [-0.05, 0) is 93.0 Å². The molecule has 39 heavy (non-hydrogen) atoms. The fourth-order valence-corrected chi connectivity index (χ4v) is 5.77. The van der Waals surface area contributed by atoms with E-state index in [1.807, 2.05) is 13.0 Å². The SMILES string of the molecule is CCCc1ccc(COC2CCC(C(F)(F)OC3CCC(c4ccc(C(F)(F)F)c(F)c4)CC3)CC2)c(F)c1. The molecule has 2 fully saturated rings. The average molecular weight is 561 g/mol. The highest BCUT2D eigenvalue weighted by molar-refractivity contribution is 5.29. The van der Waals surface area contributed by atoms with E-state index in [4.69, 9.17) is 9.47 Å². The van der Waals surface area contributed by atoms with Gasteiger partial charge in [-0.3, -0.25) is 0 Å². The maximum atomic E-state index is 15.0. The molecule has 0 aliphatic heterocycles. The van der Waals surface area contributed by atoms with Gasteiger partial charge in [0.1, 0.15) is 11.6 Å². The van der Waals surface area contributed by atoms with Crippen LogP contribution in [0.2, 0.25) is 0 Å². The molecule has 0 radical (unpaired) electrons. The molecule has 0 N–H and O–H groups in total. The Morgan fingerprint density at radius 2 is 1.44 bits per heavy atom. The highest BCUT2D eigenvalue weighted by Gasteiger charge is 2.45. The van der Waals surface area contributed by atoms with Crippen LogP contribution in [0, 0.1) is 17.6 Å². The van der Waals surface area contributed by atoms with Gasteiger partial charge < -0.3 is 9.47 Å². The van der Waals surface area contributed by atoms with Crippen molar-refractivity contribution in [3.63, 3.8) is 0 Å². The molecule has 2 aliphatic carbocycles. The zero-order valence-corrected chi connectivity index (χ0v) is 22.0. The Morgan fingerprint density at radius 1 is 0.769 bits per heavy atom. The maximum Gasteiger partial charge on any atom is 0.419 e. The molecule has 2 saturated carbocycles. The second kappa shape index (κ2) is 12.6. The van der Waals surface area contributed by atoms with E-state index in [9.17, 15) is 30.7 Å². The monoisotopic (exact) mass is 560 g/mol. The van der Waals surface area contributed by atoms with E-state index in [1.54, 1.807) is 6.07 Å². The van der Waals surface area contributed by atoms with Crippen molar-refractivity contribution in [2.24, 2.45) is 5.92 Å². The summed E-state index contributed by atoms with van der Waals surface area (Å²) in [6, 6.07) is 8.03. The van der Waals surface area contributed by atoms with Crippen LogP contribution in [0.3, 0.4) is 0 Å². The molecule has 2 aromatic carbocycles. The van der Waals surface area contributed by atoms with Crippen LogP contribution in [0.4, 0.5) is 30.7 Å². The fraction of sp³-hybridized carbons (Fsp3) is 0.600. The first kappa shape index (κ1) is 29.8. The highest BCUT2D eigenvalue weighted by Crippen LogP contribution is 2.43. The summed E-state index contributed by atoms with van der Waals surface area (Å²) in [7, 11) is 0. The normalized spacial score (nSPS) is 24.6. The Bertz CT molecular complexity index is 1090. The van der Waals surface area contributed by atoms with E-state index < -0.39 is 35.7 Å². The lowest BCUT2D eigenvalue weighted by atomic mass is 9.82. The average Bonchev–Trinajstić information content (AvgIpc) is 2.88. The van der Waals surface area contributed by atoms with Crippen LogP contribution in [-0.2, 0) is 28.7 Å². The molecular weight excluding hydrogens is 525 g/mol. The molecular formula is C30H35F7O2. The number of aryl methyl sites for hydroxylation is 1. The first-order valence-electron chi connectivity index (χ1n) is 13.8. The molecule has 9 heteroatoms. The van der Waals surface area contributed by atoms with E-state index in [0.717, 1.165) is 30.5 Å². The summed E-state index contributed by atoms with van der Waals surface area (Å²) < 4.78 is 108. The summed E-state index contributed by atoms with van der Waals surface area (Å²) in [5.74, 6) is -2.77. The number of benzene rings is 2. The lowest BCUT2D eigenvalue weighted by Gasteiger charge is -2.37. The highest BCUT2D eigenvalue weighted by atomic mass is 19.4. The van der Waals surface area contributed by atoms with Crippen LogP contribution in [0.15, 0.2) is 36.4 Å². The smallest absolute Gasteiger partial charge is 0.373 e. The first-order valence-corrected chi connectivity index (χ1v) is 13.8. The van der Waals surface area contributed by atoms with Gasteiger partial charge in [-0.1, -0.05) is 31.5 Å². The predicted octanol–water partition coefficient (Wildman–Crippen LogP) is 9.35. The molecule has 0 saturated heterocycles. The van der Waals surface area contributed by atoms with Gasteiger partial charge in [-0.15, -0.1) is 0 Å². The summed E-state index contributed by atoms with van der Waals surface area (Å²) in [5, 5.41) is 0. The Balaban J connectivity index is 1.21. The minimum atomic E-state index is -4.76. The van der Waals surface area contributed by atoms with Crippen molar-refractivity contribution in [3.05, 3.63) is 70.3 Å². The Labute approximate surface area is 224 Å². The fourth-order valence-electron chi connectivity index (χ4n) is 5.77. The van der Waals surface area contributed by atoms with Crippen LogP contribution in [-0.4, -0.2) is 18.3 Å². The number of ether oxygens (including phenoxy) is 2. The van der Waals surface area contributed by atoms with Gasteiger partial charge in [0, 0.05) is 5.56 Å². The minimum absolute atomic E-state index is 0.104. The Morgan fingerprint density at radius 3 is 2.03 bits per heavy atom. The van der Waals surface area contributed by atoms with Gasteiger partial charge in [0.2, 0.25) is 0 Å². The van der Waals surface area contributed by atoms with E-state index in [2.05, 4.69) is 0 Å². The van der Waals surface area contributed by atoms with Gasteiger partial charge in [-0.25, -0.2) is 8.78 Å². The lowest BCUT2D eigenvalue weighted by Crippen LogP contribution is -2.39. The van der Waals surface area contributed by atoms with E-state index in [1.165, 1.54) is 12.1 Å². The lowest BCUT2D eigenvalue weighted by molar-refractivity contribution is -0.302. The largest absolute Gasteiger partial charge is 0.419 e. The van der Waals surface area contributed by atoms with Gasteiger partial charge >= 0.3 is 12.3 Å². The standard InChI is InChI=1S/C30H35F7O2/c1-2-3-19-4-5-22(27(31)16-19)18-38-24-13-9-23(10-14-24)30(36,37)39-25-11-6-20(7-12-25)21-8-15-26(28(32)17-21)29(33,34)35/h4-5,8,15-17,20,23-25H,2-3,6-7,9-14,18H2,1H3. The van der Waals surface area contributed by atoms with Gasteiger partial charge in [-0.2, -0.15) is 22.0 Å². The molecule has 4 rings (SSSR count). The number of alkyl halides is 5. The van der Waals surface area contributed by atoms with Crippen molar-refractivity contribution in [2.45, 2.75) is 108 Å². The van der Waals surface area contributed by atoms with Crippen LogP contribution in [0.1, 0.15) is 92.9 Å². The topological polar surface area (TPSA) is 18.5 Å². The molecule has 2 nitrogen and oxygen atoms in total. The molecule has 2 aromatic rings. The molecule has 0 bridgehead atoms. The molecule has 2 aliphatic rings. The molecule has 0 amide bonds. The maximum absolute atomic E-state index is 15.0. The van der Waals surface area contributed by atoms with Crippen LogP contribution >= 0.6 is 0 Å². The molecule has 216 valence electrons. The van der Waals surface area contributed by atoms with Crippen molar-refractivity contribution in [3.8, 4) is 0 Å². The third kappa shape index (κ3) is 7.75. The van der Waals surface area contributed by atoms with Crippen molar-refractivity contribution >= 4 is 0 Å².